The van der Waals surface area contributed by atoms with Gasteiger partial charge in [-0.05, 0) is 37.6 Å². The number of benzene rings is 1. The van der Waals surface area contributed by atoms with E-state index in [2.05, 4.69) is 27.2 Å². The van der Waals surface area contributed by atoms with Crippen LogP contribution in [0.25, 0.3) is 11.3 Å². The highest BCUT2D eigenvalue weighted by molar-refractivity contribution is 5.61. The number of aromatic nitrogens is 3. The number of halogens is 1. The maximum absolute atomic E-state index is 13.5. The Hall–Kier alpha value is -3.02. The molecule has 3 aromatic rings. The largest absolute Gasteiger partial charge is 0.493 e. The summed E-state index contributed by atoms with van der Waals surface area (Å²) >= 11 is 0. The number of hydrogen-bond donors (Lipinski definition) is 1. The first kappa shape index (κ1) is 18.8. The van der Waals surface area contributed by atoms with Gasteiger partial charge in [-0.1, -0.05) is 13.0 Å². The van der Waals surface area contributed by atoms with Crippen molar-refractivity contribution in [2.45, 2.75) is 26.7 Å². The highest BCUT2D eigenvalue weighted by atomic mass is 19.1. The molecule has 1 N–H and O–H groups in total. The van der Waals surface area contributed by atoms with Crippen LogP contribution in [-0.2, 0) is 0 Å². The van der Waals surface area contributed by atoms with Crippen LogP contribution in [0.15, 0.2) is 48.9 Å². The fourth-order valence-corrected chi connectivity index (χ4v) is 2.79. The molecule has 1 aromatic carbocycles. The molecule has 0 amide bonds. The molecule has 5 nitrogen and oxygen atoms in total. The molecule has 27 heavy (non-hydrogen) atoms. The summed E-state index contributed by atoms with van der Waals surface area (Å²) < 4.78 is 19.1. The van der Waals surface area contributed by atoms with Gasteiger partial charge in [0.2, 0.25) is 0 Å². The van der Waals surface area contributed by atoms with Gasteiger partial charge in [0.1, 0.15) is 23.7 Å². The second-order valence-corrected chi connectivity index (χ2v) is 6.37. The molecular formula is C21H23FN4O. The van der Waals surface area contributed by atoms with Crippen molar-refractivity contribution in [1.82, 2.24) is 15.0 Å². The highest BCUT2D eigenvalue weighted by Crippen LogP contribution is 2.28. The summed E-state index contributed by atoms with van der Waals surface area (Å²) in [6, 6.07) is 10.5. The van der Waals surface area contributed by atoms with Crippen molar-refractivity contribution in [1.29, 1.82) is 0 Å². The second kappa shape index (κ2) is 8.58. The molecule has 0 fully saturated rings. The van der Waals surface area contributed by atoms with Crippen LogP contribution in [0.3, 0.4) is 0 Å². The molecule has 0 spiro atoms. The van der Waals surface area contributed by atoms with Gasteiger partial charge in [-0.25, -0.2) is 14.4 Å². The molecule has 0 bridgehead atoms. The summed E-state index contributed by atoms with van der Waals surface area (Å²) in [5.74, 6) is 1.13. The molecule has 0 saturated heterocycles. The Morgan fingerprint density at radius 1 is 1.11 bits per heavy atom. The van der Waals surface area contributed by atoms with E-state index >= 15 is 0 Å². The summed E-state index contributed by atoms with van der Waals surface area (Å²) in [5.41, 5.74) is 3.67. The standard InChI is InChI=1S/C21H23FN4O/c1-4-27-20-9-17(22)7-8-18(20)14(2)11-24-21-10-19(25-13-26-21)16-6-5-15(3)23-12-16/h5-10,12-14H,4,11H2,1-3H3,(H,24,25,26)/t14-/m1/s1. The SMILES string of the molecule is CCOc1cc(F)ccc1[C@H](C)CNc1cc(-c2ccc(C)nc2)ncn1. The van der Waals surface area contributed by atoms with Gasteiger partial charge in [-0.15, -0.1) is 0 Å². The quantitative estimate of drug-likeness (QED) is 0.662. The monoisotopic (exact) mass is 366 g/mol. The van der Waals surface area contributed by atoms with E-state index in [0.29, 0.717) is 18.9 Å². The highest BCUT2D eigenvalue weighted by Gasteiger charge is 2.13. The topological polar surface area (TPSA) is 59.9 Å². The zero-order valence-corrected chi connectivity index (χ0v) is 15.7. The minimum Gasteiger partial charge on any atom is -0.493 e. The van der Waals surface area contributed by atoms with Crippen LogP contribution in [0.2, 0.25) is 0 Å². The number of aryl methyl sites for hydroxylation is 1. The summed E-state index contributed by atoms with van der Waals surface area (Å²) in [5, 5.41) is 3.33. The molecule has 0 aliphatic rings. The Labute approximate surface area is 158 Å². The Morgan fingerprint density at radius 2 is 1.96 bits per heavy atom. The fourth-order valence-electron chi connectivity index (χ4n) is 2.79. The third-order valence-corrected chi connectivity index (χ3v) is 4.27. The molecule has 3 rings (SSSR count). The lowest BCUT2D eigenvalue weighted by atomic mass is 10.00. The van der Waals surface area contributed by atoms with Gasteiger partial charge in [0.15, 0.2) is 0 Å². The second-order valence-electron chi connectivity index (χ2n) is 6.37. The minimum atomic E-state index is -0.297. The smallest absolute Gasteiger partial charge is 0.129 e. The van der Waals surface area contributed by atoms with Crippen LogP contribution >= 0.6 is 0 Å². The van der Waals surface area contributed by atoms with Crippen molar-refractivity contribution in [3.63, 3.8) is 0 Å². The Balaban J connectivity index is 1.72. The normalized spacial score (nSPS) is 11.9. The van der Waals surface area contributed by atoms with Gasteiger partial charge in [0.25, 0.3) is 0 Å². The number of rotatable bonds is 7. The summed E-state index contributed by atoms with van der Waals surface area (Å²) in [7, 11) is 0. The number of ether oxygens (including phenoxy) is 1. The third-order valence-electron chi connectivity index (χ3n) is 4.27. The first-order valence-corrected chi connectivity index (χ1v) is 8.98. The van der Waals surface area contributed by atoms with E-state index in [1.54, 1.807) is 12.3 Å². The molecule has 0 saturated carbocycles. The van der Waals surface area contributed by atoms with Crippen LogP contribution in [0.1, 0.15) is 31.0 Å². The first-order valence-electron chi connectivity index (χ1n) is 8.98. The van der Waals surface area contributed by atoms with Crippen LogP contribution in [0.5, 0.6) is 5.75 Å². The predicted molar refractivity (Wildman–Crippen MR) is 104 cm³/mol. The molecule has 1 atom stereocenters. The van der Waals surface area contributed by atoms with Crippen molar-refractivity contribution in [2.75, 3.05) is 18.5 Å². The molecule has 0 radical (unpaired) electrons. The Bertz CT molecular complexity index is 899. The van der Waals surface area contributed by atoms with Crippen LogP contribution < -0.4 is 10.1 Å². The summed E-state index contributed by atoms with van der Waals surface area (Å²) in [4.78, 5) is 12.9. The lowest BCUT2D eigenvalue weighted by molar-refractivity contribution is 0.333. The predicted octanol–water partition coefficient (Wildman–Crippen LogP) is 4.60. The van der Waals surface area contributed by atoms with Crippen molar-refractivity contribution in [2.24, 2.45) is 0 Å². The summed E-state index contributed by atoms with van der Waals surface area (Å²) in [6.45, 7) is 7.03. The molecule has 0 aliphatic carbocycles. The molecule has 6 heteroatoms. The number of pyridine rings is 1. The van der Waals surface area contributed by atoms with Gasteiger partial charge in [0.05, 0.1) is 12.3 Å². The van der Waals surface area contributed by atoms with Gasteiger partial charge in [-0.3, -0.25) is 4.98 Å². The van der Waals surface area contributed by atoms with Crippen molar-refractivity contribution < 1.29 is 9.13 Å². The van der Waals surface area contributed by atoms with Crippen LogP contribution in [0, 0.1) is 12.7 Å². The first-order chi connectivity index (χ1) is 13.1. The Kier molecular flexibility index (Phi) is 5.96. The van der Waals surface area contributed by atoms with Gasteiger partial charge < -0.3 is 10.1 Å². The number of nitrogens with zero attached hydrogens (tertiary/aromatic N) is 3. The average molecular weight is 366 g/mol. The van der Waals surface area contributed by atoms with Crippen molar-refractivity contribution in [3.8, 4) is 17.0 Å². The van der Waals surface area contributed by atoms with Gasteiger partial charge in [-0.2, -0.15) is 0 Å². The van der Waals surface area contributed by atoms with Crippen molar-refractivity contribution in [3.05, 3.63) is 66.0 Å². The average Bonchev–Trinajstić information content (AvgIpc) is 2.67. The lowest BCUT2D eigenvalue weighted by Crippen LogP contribution is -2.12. The molecule has 0 aliphatic heterocycles. The molecular weight excluding hydrogens is 343 g/mol. The molecule has 2 heterocycles. The van der Waals surface area contributed by atoms with Crippen LogP contribution in [0.4, 0.5) is 10.2 Å². The fraction of sp³-hybridized carbons (Fsp3) is 0.286. The van der Waals surface area contributed by atoms with Gasteiger partial charge in [0, 0.05) is 42.0 Å². The molecule has 2 aromatic heterocycles. The molecule has 0 unspecified atom stereocenters. The van der Waals surface area contributed by atoms with Crippen molar-refractivity contribution >= 4 is 5.82 Å². The van der Waals surface area contributed by atoms with E-state index in [4.69, 9.17) is 4.74 Å². The summed E-state index contributed by atoms with van der Waals surface area (Å²) in [6.07, 6.45) is 3.34. The van der Waals surface area contributed by atoms with E-state index in [0.717, 1.165) is 28.3 Å². The van der Waals surface area contributed by atoms with E-state index in [9.17, 15) is 4.39 Å². The van der Waals surface area contributed by atoms with E-state index < -0.39 is 0 Å². The Morgan fingerprint density at radius 3 is 2.70 bits per heavy atom. The maximum Gasteiger partial charge on any atom is 0.129 e. The van der Waals surface area contributed by atoms with E-state index in [-0.39, 0.29) is 11.7 Å². The number of nitrogens with one attached hydrogen (secondary N) is 1. The third kappa shape index (κ3) is 4.78. The molecule has 140 valence electrons. The maximum atomic E-state index is 13.5. The number of anilines is 1. The zero-order chi connectivity index (χ0) is 19.2. The number of hydrogen-bond acceptors (Lipinski definition) is 5. The lowest BCUT2D eigenvalue weighted by Gasteiger charge is -2.17. The zero-order valence-electron chi connectivity index (χ0n) is 15.7. The van der Waals surface area contributed by atoms with Gasteiger partial charge >= 0.3 is 0 Å². The van der Waals surface area contributed by atoms with E-state index in [1.165, 1.54) is 18.5 Å². The minimum absolute atomic E-state index is 0.117. The van der Waals surface area contributed by atoms with Crippen LogP contribution in [-0.4, -0.2) is 28.1 Å². The van der Waals surface area contributed by atoms with E-state index in [1.807, 2.05) is 32.0 Å².